The third-order valence-corrected chi connectivity index (χ3v) is 5.05. The molecular weight excluding hydrogens is 352 g/mol. The first-order valence-corrected chi connectivity index (χ1v) is 8.30. The lowest BCUT2D eigenvalue weighted by atomic mass is 9.79. The highest BCUT2D eigenvalue weighted by molar-refractivity contribution is 6.05. The third kappa shape index (κ3) is 2.47. The Kier molecular flexibility index (Phi) is 3.92. The third-order valence-electron chi connectivity index (χ3n) is 5.05. The summed E-state index contributed by atoms with van der Waals surface area (Å²) in [5.74, 6) is -1.05. The fourth-order valence-corrected chi connectivity index (χ4v) is 3.47. The molecule has 2 heterocycles. The SMILES string of the molecule is ON1C=CC=C2C1=Nc1ccc(F)cc1C2(OCC1CCC1)C(F)(F)F. The molecule has 1 N–H and O–H groups in total. The maximum atomic E-state index is 14.4. The normalized spacial score (nSPS) is 25.2. The molecule has 4 rings (SSSR count). The molecule has 1 saturated carbocycles. The van der Waals surface area contributed by atoms with Crippen LogP contribution in [0.5, 0.6) is 0 Å². The number of alkyl halides is 3. The van der Waals surface area contributed by atoms with E-state index in [0.29, 0.717) is 5.06 Å². The average Bonchev–Trinajstić information content (AvgIpc) is 2.52. The van der Waals surface area contributed by atoms with Gasteiger partial charge in [-0.15, -0.1) is 0 Å². The van der Waals surface area contributed by atoms with E-state index in [-0.39, 0.29) is 29.6 Å². The molecule has 1 aromatic carbocycles. The minimum absolute atomic E-state index is 0.0403. The van der Waals surface area contributed by atoms with E-state index in [1.807, 2.05) is 0 Å². The Balaban J connectivity index is 1.93. The standard InChI is InChI=1S/C18H16F4N2O2/c19-12-6-7-15-14(9-12)17(18(20,21)22,26-10-11-3-1-4-11)13-5-2-8-24(25)16(13)23-15/h2,5-9,11,25H,1,3-4,10H2. The maximum absolute atomic E-state index is 14.4. The van der Waals surface area contributed by atoms with Crippen LogP contribution in [0.2, 0.25) is 0 Å². The molecule has 138 valence electrons. The van der Waals surface area contributed by atoms with Crippen LogP contribution in [-0.2, 0) is 10.3 Å². The van der Waals surface area contributed by atoms with Crippen LogP contribution in [0.3, 0.4) is 0 Å². The molecule has 3 aliphatic rings. The van der Waals surface area contributed by atoms with Crippen molar-refractivity contribution in [3.8, 4) is 0 Å². The summed E-state index contributed by atoms with van der Waals surface area (Å²) < 4.78 is 62.6. The molecular formula is C18H16F4N2O2. The Morgan fingerprint density at radius 3 is 2.73 bits per heavy atom. The van der Waals surface area contributed by atoms with Crippen molar-refractivity contribution in [3.05, 3.63) is 53.5 Å². The number of nitrogens with zero attached hydrogens (tertiary/aromatic N) is 2. The second-order valence-corrected chi connectivity index (χ2v) is 6.65. The molecule has 26 heavy (non-hydrogen) atoms. The Labute approximate surface area is 147 Å². The summed E-state index contributed by atoms with van der Waals surface area (Å²) in [6.45, 7) is -0.102. The Morgan fingerprint density at radius 1 is 1.31 bits per heavy atom. The van der Waals surface area contributed by atoms with E-state index in [9.17, 15) is 22.8 Å². The second-order valence-electron chi connectivity index (χ2n) is 6.65. The van der Waals surface area contributed by atoms with Crippen LogP contribution in [0, 0.1) is 11.7 Å². The van der Waals surface area contributed by atoms with Gasteiger partial charge in [-0.3, -0.25) is 5.21 Å². The van der Waals surface area contributed by atoms with Gasteiger partial charge in [0.15, 0.2) is 5.84 Å². The van der Waals surface area contributed by atoms with Crippen LogP contribution < -0.4 is 0 Å². The quantitative estimate of drug-likeness (QED) is 0.794. The summed E-state index contributed by atoms with van der Waals surface area (Å²) in [6, 6.07) is 3.00. The van der Waals surface area contributed by atoms with Crippen molar-refractivity contribution in [2.75, 3.05) is 6.61 Å². The lowest BCUT2D eigenvalue weighted by Gasteiger charge is -2.44. The van der Waals surface area contributed by atoms with Crippen molar-refractivity contribution in [1.82, 2.24) is 5.06 Å². The molecule has 0 spiro atoms. The minimum atomic E-state index is -4.88. The van der Waals surface area contributed by atoms with Crippen LogP contribution in [0.15, 0.2) is 47.1 Å². The van der Waals surface area contributed by atoms with Gasteiger partial charge < -0.3 is 4.74 Å². The predicted molar refractivity (Wildman–Crippen MR) is 85.4 cm³/mol. The summed E-state index contributed by atoms with van der Waals surface area (Å²) in [5, 5.41) is 10.5. The maximum Gasteiger partial charge on any atom is 0.426 e. The highest BCUT2D eigenvalue weighted by Gasteiger charge is 2.64. The number of hydrogen-bond donors (Lipinski definition) is 1. The second kappa shape index (κ2) is 5.92. The van der Waals surface area contributed by atoms with Gasteiger partial charge in [-0.2, -0.15) is 13.2 Å². The molecule has 0 radical (unpaired) electrons. The van der Waals surface area contributed by atoms with E-state index in [2.05, 4.69) is 4.99 Å². The molecule has 0 aromatic heterocycles. The fraction of sp³-hybridized carbons (Fsp3) is 0.389. The largest absolute Gasteiger partial charge is 0.426 e. The van der Waals surface area contributed by atoms with Gasteiger partial charge >= 0.3 is 6.18 Å². The molecule has 1 fully saturated rings. The van der Waals surface area contributed by atoms with Crippen molar-refractivity contribution in [3.63, 3.8) is 0 Å². The Hall–Kier alpha value is -2.19. The Bertz CT molecular complexity index is 827. The molecule has 0 saturated heterocycles. The first-order valence-electron chi connectivity index (χ1n) is 8.30. The molecule has 0 bridgehead atoms. The van der Waals surface area contributed by atoms with Crippen LogP contribution in [0.1, 0.15) is 24.8 Å². The van der Waals surface area contributed by atoms with Crippen LogP contribution in [0.4, 0.5) is 23.2 Å². The monoisotopic (exact) mass is 368 g/mol. The fourth-order valence-electron chi connectivity index (χ4n) is 3.47. The van der Waals surface area contributed by atoms with Gasteiger partial charge in [0.2, 0.25) is 5.60 Å². The number of rotatable bonds is 3. The average molecular weight is 368 g/mol. The van der Waals surface area contributed by atoms with Crippen molar-refractivity contribution < 1.29 is 27.5 Å². The molecule has 1 aliphatic carbocycles. The highest BCUT2D eigenvalue weighted by atomic mass is 19.4. The summed E-state index contributed by atoms with van der Waals surface area (Å²) >= 11 is 0. The van der Waals surface area contributed by atoms with Gasteiger partial charge in [-0.1, -0.05) is 12.5 Å². The van der Waals surface area contributed by atoms with E-state index in [1.54, 1.807) is 0 Å². The van der Waals surface area contributed by atoms with E-state index < -0.39 is 23.2 Å². The first kappa shape index (κ1) is 17.2. The summed E-state index contributed by atoms with van der Waals surface area (Å²) in [6.07, 6.45) is 1.34. The summed E-state index contributed by atoms with van der Waals surface area (Å²) in [7, 11) is 0. The molecule has 1 atom stereocenters. The first-order chi connectivity index (χ1) is 12.3. The number of hydroxylamine groups is 2. The lowest BCUT2D eigenvalue weighted by Crippen LogP contribution is -2.53. The van der Waals surface area contributed by atoms with Crippen LogP contribution in [-0.4, -0.2) is 28.9 Å². The number of allylic oxidation sites excluding steroid dienone is 2. The van der Waals surface area contributed by atoms with Crippen LogP contribution in [0.25, 0.3) is 0 Å². The Morgan fingerprint density at radius 2 is 2.08 bits per heavy atom. The minimum Gasteiger partial charge on any atom is -0.356 e. The van der Waals surface area contributed by atoms with Crippen molar-refractivity contribution in [2.45, 2.75) is 31.0 Å². The molecule has 1 unspecified atom stereocenters. The lowest BCUT2D eigenvalue weighted by molar-refractivity contribution is -0.271. The number of aliphatic imine (C=N–C) groups is 1. The van der Waals surface area contributed by atoms with Gasteiger partial charge in [0.1, 0.15) is 5.82 Å². The number of fused-ring (bicyclic) bond motifs is 2. The summed E-state index contributed by atoms with van der Waals surface area (Å²) in [4.78, 5) is 4.09. The number of amidine groups is 1. The smallest absolute Gasteiger partial charge is 0.356 e. The summed E-state index contributed by atoms with van der Waals surface area (Å²) in [5.41, 5.74) is -3.72. The van der Waals surface area contributed by atoms with E-state index in [4.69, 9.17) is 4.74 Å². The van der Waals surface area contributed by atoms with Gasteiger partial charge in [0.05, 0.1) is 12.3 Å². The molecule has 8 heteroatoms. The van der Waals surface area contributed by atoms with Gasteiger partial charge in [0, 0.05) is 17.3 Å². The zero-order chi connectivity index (χ0) is 18.5. The van der Waals surface area contributed by atoms with Crippen molar-refractivity contribution in [2.24, 2.45) is 10.9 Å². The number of hydrogen-bond acceptors (Lipinski definition) is 4. The van der Waals surface area contributed by atoms with Crippen molar-refractivity contribution >= 4 is 11.5 Å². The molecule has 4 nitrogen and oxygen atoms in total. The van der Waals surface area contributed by atoms with Crippen LogP contribution >= 0.6 is 0 Å². The topological polar surface area (TPSA) is 45.1 Å². The zero-order valence-corrected chi connectivity index (χ0v) is 13.6. The number of benzene rings is 1. The van der Waals surface area contributed by atoms with Gasteiger partial charge in [-0.25, -0.2) is 14.4 Å². The zero-order valence-electron chi connectivity index (χ0n) is 13.6. The van der Waals surface area contributed by atoms with Crippen molar-refractivity contribution in [1.29, 1.82) is 0 Å². The number of halogens is 4. The van der Waals surface area contributed by atoms with Gasteiger partial charge in [-0.05, 0) is 43.0 Å². The highest BCUT2D eigenvalue weighted by Crippen LogP contribution is 2.54. The molecule has 0 amide bonds. The number of ether oxygens (including phenoxy) is 1. The van der Waals surface area contributed by atoms with E-state index in [1.165, 1.54) is 18.4 Å². The van der Waals surface area contributed by atoms with E-state index in [0.717, 1.165) is 37.5 Å². The molecule has 2 aliphatic heterocycles. The predicted octanol–water partition coefficient (Wildman–Crippen LogP) is 4.59. The molecule has 1 aromatic rings. The van der Waals surface area contributed by atoms with Gasteiger partial charge in [0.25, 0.3) is 0 Å². The van der Waals surface area contributed by atoms with E-state index >= 15 is 0 Å².